The average Bonchev–Trinajstić information content (AvgIpc) is 3.13. The topological polar surface area (TPSA) is 116 Å². The molecule has 51 heavy (non-hydrogen) atoms. The number of carboxylic acid groups (broad SMARTS) is 1. The molecule has 0 unspecified atom stereocenters. The number of hydrogen-bond donors (Lipinski definition) is 1. The van der Waals surface area contributed by atoms with Crippen molar-refractivity contribution < 1.29 is 38.5 Å². The van der Waals surface area contributed by atoms with E-state index < -0.39 is 29.4 Å². The Bertz CT molecular complexity index is 1080. The summed E-state index contributed by atoms with van der Waals surface area (Å²) in [5.74, 6) is -3.82. The minimum atomic E-state index is -1.40. The Morgan fingerprint density at radius 2 is 0.588 bits per heavy atom. The van der Waals surface area contributed by atoms with Gasteiger partial charge in [0, 0.05) is 0 Å². The van der Waals surface area contributed by atoms with Crippen LogP contribution in [0.5, 0.6) is 0 Å². The molecule has 0 spiro atoms. The van der Waals surface area contributed by atoms with Gasteiger partial charge in [-0.25, -0.2) is 19.2 Å². The third kappa shape index (κ3) is 22.6. The van der Waals surface area contributed by atoms with Crippen LogP contribution >= 0.6 is 0 Å². The molecule has 0 heterocycles. The Kier molecular flexibility index (Phi) is 28.8. The van der Waals surface area contributed by atoms with Crippen LogP contribution in [0.1, 0.15) is 236 Å². The van der Waals surface area contributed by atoms with Gasteiger partial charge < -0.3 is 19.3 Å². The van der Waals surface area contributed by atoms with E-state index in [0.717, 1.165) is 69.9 Å². The molecule has 0 aliphatic rings. The largest absolute Gasteiger partial charge is 0.478 e. The van der Waals surface area contributed by atoms with E-state index in [1.807, 2.05) is 0 Å². The van der Waals surface area contributed by atoms with Crippen molar-refractivity contribution in [2.24, 2.45) is 0 Å². The molecule has 0 atom stereocenters. The molecule has 0 amide bonds. The van der Waals surface area contributed by atoms with E-state index in [9.17, 15) is 24.3 Å². The zero-order valence-corrected chi connectivity index (χ0v) is 32.7. The van der Waals surface area contributed by atoms with Gasteiger partial charge in [-0.2, -0.15) is 0 Å². The number of benzene rings is 1. The summed E-state index contributed by atoms with van der Waals surface area (Å²) < 4.78 is 16.5. The normalized spacial score (nSPS) is 11.0. The van der Waals surface area contributed by atoms with Gasteiger partial charge in [0.15, 0.2) is 0 Å². The van der Waals surface area contributed by atoms with Crippen molar-refractivity contribution in [3.63, 3.8) is 0 Å². The number of carbonyl (C=O) groups excluding carboxylic acids is 3. The Morgan fingerprint density at radius 1 is 0.373 bits per heavy atom. The van der Waals surface area contributed by atoms with E-state index in [1.165, 1.54) is 96.3 Å². The van der Waals surface area contributed by atoms with Crippen LogP contribution in [0.15, 0.2) is 12.1 Å². The van der Waals surface area contributed by atoms with Crippen LogP contribution in [0, 0.1) is 0 Å². The minimum Gasteiger partial charge on any atom is -0.478 e. The highest BCUT2D eigenvalue weighted by Gasteiger charge is 2.28. The van der Waals surface area contributed by atoms with Crippen molar-refractivity contribution in [3.8, 4) is 0 Å². The molecule has 0 aromatic heterocycles. The van der Waals surface area contributed by atoms with Crippen molar-refractivity contribution in [3.05, 3.63) is 34.4 Å². The molecule has 1 N–H and O–H groups in total. The molecule has 8 nitrogen and oxygen atoms in total. The Labute approximate surface area is 310 Å². The van der Waals surface area contributed by atoms with Gasteiger partial charge in [-0.15, -0.1) is 0 Å². The lowest BCUT2D eigenvalue weighted by Gasteiger charge is -2.14. The second kappa shape index (κ2) is 31.8. The Morgan fingerprint density at radius 3 is 0.843 bits per heavy atom. The molecule has 0 bridgehead atoms. The van der Waals surface area contributed by atoms with Crippen molar-refractivity contribution >= 4 is 23.9 Å². The van der Waals surface area contributed by atoms with Gasteiger partial charge in [-0.3, -0.25) is 0 Å². The quantitative estimate of drug-likeness (QED) is 0.0425. The van der Waals surface area contributed by atoms with Crippen molar-refractivity contribution in [2.75, 3.05) is 19.8 Å². The highest BCUT2D eigenvalue weighted by atomic mass is 16.5. The maximum Gasteiger partial charge on any atom is 0.339 e. The zero-order chi connectivity index (χ0) is 37.4. The highest BCUT2D eigenvalue weighted by molar-refractivity contribution is 6.10. The van der Waals surface area contributed by atoms with E-state index in [2.05, 4.69) is 20.8 Å². The monoisotopic (exact) mass is 717 g/mol. The van der Waals surface area contributed by atoms with E-state index in [0.29, 0.717) is 19.3 Å². The van der Waals surface area contributed by atoms with Gasteiger partial charge >= 0.3 is 23.9 Å². The molecule has 1 aromatic rings. The van der Waals surface area contributed by atoms with Crippen molar-refractivity contribution in [2.45, 2.75) is 194 Å². The number of hydrogen-bond acceptors (Lipinski definition) is 7. The second-order valence-electron chi connectivity index (χ2n) is 14.1. The third-order valence-electron chi connectivity index (χ3n) is 9.49. The predicted molar refractivity (Wildman–Crippen MR) is 206 cm³/mol. The summed E-state index contributed by atoms with van der Waals surface area (Å²) in [5.41, 5.74) is -1.07. The summed E-state index contributed by atoms with van der Waals surface area (Å²) in [4.78, 5) is 51.9. The molecule has 8 heteroatoms. The number of carbonyl (C=O) groups is 4. The summed E-state index contributed by atoms with van der Waals surface area (Å²) >= 11 is 0. The SMILES string of the molecule is CCCCCCCCCCCOC(=O)c1cc(C(=O)OCCCCCCCCCCC)c(C(=O)OCCCCCCCCCCC)cc1C(=O)O. The first-order valence-electron chi connectivity index (χ1n) is 20.8. The number of ether oxygens (including phenoxy) is 3. The van der Waals surface area contributed by atoms with Gasteiger partial charge in [0.25, 0.3) is 0 Å². The number of aromatic carboxylic acids is 1. The van der Waals surface area contributed by atoms with Gasteiger partial charge in [-0.05, 0) is 31.4 Å². The minimum absolute atomic E-state index is 0.147. The van der Waals surface area contributed by atoms with Gasteiger partial charge in [-0.1, -0.05) is 175 Å². The molecule has 0 radical (unpaired) electrons. The van der Waals surface area contributed by atoms with Crippen molar-refractivity contribution in [1.29, 1.82) is 0 Å². The van der Waals surface area contributed by atoms with Crippen LogP contribution in [0.4, 0.5) is 0 Å². The molecule has 0 aliphatic heterocycles. The van der Waals surface area contributed by atoms with Gasteiger partial charge in [0.2, 0.25) is 0 Å². The van der Waals surface area contributed by atoms with E-state index in [1.54, 1.807) is 0 Å². The molecule has 1 rings (SSSR count). The molecule has 0 fully saturated rings. The Balaban J connectivity index is 2.84. The van der Waals surface area contributed by atoms with Gasteiger partial charge in [0.1, 0.15) is 0 Å². The molecule has 0 aliphatic carbocycles. The summed E-state index contributed by atoms with van der Waals surface area (Å²) in [6.07, 6.45) is 30.0. The lowest BCUT2D eigenvalue weighted by atomic mass is 9.98. The summed E-state index contributed by atoms with van der Waals surface area (Å²) in [6.45, 7) is 7.09. The molecule has 292 valence electrons. The number of rotatable bonds is 34. The van der Waals surface area contributed by atoms with E-state index >= 15 is 0 Å². The standard InChI is InChI=1S/C43H72O8/c1-4-7-10-13-16-19-22-25-28-31-49-41(46)37-35-39(43(48)51-33-30-27-24-21-18-15-12-9-6-3)38(34-36(37)40(44)45)42(47)50-32-29-26-23-20-17-14-11-8-5-2/h34-35H,4-33H2,1-3H3,(H,44,45). The molecular weight excluding hydrogens is 644 g/mol. The van der Waals surface area contributed by atoms with Crippen LogP contribution in [-0.4, -0.2) is 48.8 Å². The molecule has 1 aromatic carbocycles. The first-order chi connectivity index (χ1) is 24.9. The maximum absolute atomic E-state index is 13.3. The summed E-state index contributed by atoms with van der Waals surface area (Å²) in [7, 11) is 0. The zero-order valence-electron chi connectivity index (χ0n) is 32.7. The fourth-order valence-electron chi connectivity index (χ4n) is 6.25. The number of unbranched alkanes of at least 4 members (excludes halogenated alkanes) is 24. The first-order valence-corrected chi connectivity index (χ1v) is 20.8. The molecule has 0 saturated carbocycles. The lowest BCUT2D eigenvalue weighted by molar-refractivity contribution is 0.0446. The Hall–Kier alpha value is -2.90. The van der Waals surface area contributed by atoms with Crippen LogP contribution < -0.4 is 0 Å². The fraction of sp³-hybridized carbons (Fsp3) is 0.767. The summed E-state index contributed by atoms with van der Waals surface area (Å²) in [6, 6.07) is 2.20. The fourth-order valence-corrected chi connectivity index (χ4v) is 6.25. The summed E-state index contributed by atoms with van der Waals surface area (Å²) in [5, 5.41) is 9.99. The van der Waals surface area contributed by atoms with E-state index in [-0.39, 0.29) is 36.5 Å². The van der Waals surface area contributed by atoms with Gasteiger partial charge in [0.05, 0.1) is 42.1 Å². The maximum atomic E-state index is 13.3. The first kappa shape index (κ1) is 46.1. The van der Waals surface area contributed by atoms with Crippen LogP contribution in [0.25, 0.3) is 0 Å². The second-order valence-corrected chi connectivity index (χ2v) is 14.1. The average molecular weight is 717 g/mol. The molecule has 0 saturated heterocycles. The van der Waals surface area contributed by atoms with Crippen LogP contribution in [0.3, 0.4) is 0 Å². The third-order valence-corrected chi connectivity index (χ3v) is 9.49. The smallest absolute Gasteiger partial charge is 0.339 e. The highest BCUT2D eigenvalue weighted by Crippen LogP contribution is 2.22. The van der Waals surface area contributed by atoms with E-state index in [4.69, 9.17) is 14.2 Å². The van der Waals surface area contributed by atoms with Crippen LogP contribution in [-0.2, 0) is 14.2 Å². The van der Waals surface area contributed by atoms with Crippen molar-refractivity contribution in [1.82, 2.24) is 0 Å². The number of carboxylic acids is 1. The molecular formula is C43H72O8. The van der Waals surface area contributed by atoms with Crippen LogP contribution in [0.2, 0.25) is 0 Å². The predicted octanol–water partition coefficient (Wildman–Crippen LogP) is 12.4. The lowest BCUT2D eigenvalue weighted by Crippen LogP contribution is -2.20. The number of esters is 3.